The molecule has 0 bridgehead atoms. The normalized spacial score (nSPS) is 21.4. The molecule has 1 aromatic rings. The Labute approximate surface area is 160 Å². The van der Waals surface area contributed by atoms with Gasteiger partial charge in [-0.15, -0.1) is 0 Å². The summed E-state index contributed by atoms with van der Waals surface area (Å²) in [5.41, 5.74) is 1.62. The number of nitrogens with one attached hydrogen (secondary N) is 1. The van der Waals surface area contributed by atoms with Crippen LogP contribution in [0.4, 0.5) is 4.79 Å². The molecule has 146 valence electrons. The van der Waals surface area contributed by atoms with E-state index in [2.05, 4.69) is 16.3 Å². The summed E-state index contributed by atoms with van der Waals surface area (Å²) < 4.78 is 11.0. The molecule has 0 spiro atoms. The first-order chi connectivity index (χ1) is 13.2. The molecule has 7 heteroatoms. The van der Waals surface area contributed by atoms with E-state index in [1.54, 1.807) is 24.1 Å². The lowest BCUT2D eigenvalue weighted by molar-refractivity contribution is 0.00190. The first kappa shape index (κ1) is 19.6. The molecule has 0 aliphatic carbocycles. The summed E-state index contributed by atoms with van der Waals surface area (Å²) >= 11 is 0. The molecular weight excluding hydrogens is 344 g/mol. The summed E-state index contributed by atoms with van der Waals surface area (Å²) in [6, 6.07) is 9.61. The van der Waals surface area contributed by atoms with Crippen LogP contribution in [0.25, 0.3) is 0 Å². The van der Waals surface area contributed by atoms with Crippen LogP contribution in [-0.2, 0) is 16.0 Å². The third-order valence-electron chi connectivity index (χ3n) is 5.34. The van der Waals surface area contributed by atoms with Crippen molar-refractivity contribution in [1.82, 2.24) is 15.1 Å². The maximum absolute atomic E-state index is 12.6. The van der Waals surface area contributed by atoms with Crippen LogP contribution in [-0.4, -0.2) is 75.0 Å². The van der Waals surface area contributed by atoms with Gasteiger partial charge in [-0.05, 0) is 24.1 Å². The molecule has 2 saturated heterocycles. The van der Waals surface area contributed by atoms with Crippen molar-refractivity contribution < 1.29 is 14.3 Å². The fourth-order valence-corrected chi connectivity index (χ4v) is 3.72. The third-order valence-corrected chi connectivity index (χ3v) is 5.34. The lowest BCUT2D eigenvalue weighted by Crippen LogP contribution is -2.53. The lowest BCUT2D eigenvalue weighted by Gasteiger charge is -2.37. The molecule has 2 fully saturated rings. The Balaban J connectivity index is 1.53. The quantitative estimate of drug-likeness (QED) is 0.818. The molecule has 1 N–H and O–H groups in total. The number of rotatable bonds is 6. The van der Waals surface area contributed by atoms with E-state index in [4.69, 9.17) is 14.7 Å². The Hall–Kier alpha value is -2.14. The fourth-order valence-electron chi connectivity index (χ4n) is 3.72. The van der Waals surface area contributed by atoms with Gasteiger partial charge in [-0.2, -0.15) is 5.26 Å². The molecule has 1 aromatic carbocycles. The highest BCUT2D eigenvalue weighted by atomic mass is 16.5. The van der Waals surface area contributed by atoms with Crippen molar-refractivity contribution in [1.29, 1.82) is 5.26 Å². The van der Waals surface area contributed by atoms with Gasteiger partial charge in [0.1, 0.15) is 0 Å². The van der Waals surface area contributed by atoms with E-state index in [1.807, 2.05) is 12.1 Å². The molecule has 0 aromatic heterocycles. The number of hydrogen-bond donors (Lipinski definition) is 1. The minimum absolute atomic E-state index is 0.0865. The van der Waals surface area contributed by atoms with Crippen LogP contribution >= 0.6 is 0 Å². The topological polar surface area (TPSA) is 77.8 Å². The zero-order valence-electron chi connectivity index (χ0n) is 15.9. The second-order valence-corrected chi connectivity index (χ2v) is 7.19. The number of nitrogens with zero attached hydrogens (tertiary/aromatic N) is 3. The number of carbonyl (C=O) groups excluding carboxylic acids is 1. The van der Waals surface area contributed by atoms with Crippen LogP contribution in [0.2, 0.25) is 0 Å². The zero-order chi connectivity index (χ0) is 19.1. The summed E-state index contributed by atoms with van der Waals surface area (Å²) in [6.45, 7) is 5.98. The van der Waals surface area contributed by atoms with Gasteiger partial charge in [-0.3, -0.25) is 4.90 Å². The van der Waals surface area contributed by atoms with Crippen molar-refractivity contribution in [3.63, 3.8) is 0 Å². The molecule has 0 saturated carbocycles. The van der Waals surface area contributed by atoms with E-state index in [1.165, 1.54) is 0 Å². The number of ether oxygens (including phenoxy) is 2. The summed E-state index contributed by atoms with van der Waals surface area (Å²) in [6.07, 6.45) is 1.04. The van der Waals surface area contributed by atoms with Crippen LogP contribution in [0.15, 0.2) is 24.3 Å². The molecule has 2 atom stereocenters. The predicted molar refractivity (Wildman–Crippen MR) is 101 cm³/mol. The van der Waals surface area contributed by atoms with Crippen molar-refractivity contribution in [2.75, 3.05) is 53.1 Å². The van der Waals surface area contributed by atoms with Gasteiger partial charge in [-0.1, -0.05) is 12.1 Å². The number of benzene rings is 1. The van der Waals surface area contributed by atoms with Gasteiger partial charge >= 0.3 is 6.03 Å². The Kier molecular flexibility index (Phi) is 7.04. The second kappa shape index (κ2) is 9.70. The first-order valence-corrected chi connectivity index (χ1v) is 9.55. The highest BCUT2D eigenvalue weighted by Gasteiger charge is 2.31. The van der Waals surface area contributed by atoms with Crippen LogP contribution in [0.5, 0.6) is 0 Å². The summed E-state index contributed by atoms with van der Waals surface area (Å²) in [4.78, 5) is 16.7. The molecule has 7 nitrogen and oxygen atoms in total. The number of morpholine rings is 1. The first-order valence-electron chi connectivity index (χ1n) is 9.55. The van der Waals surface area contributed by atoms with E-state index in [-0.39, 0.29) is 12.1 Å². The largest absolute Gasteiger partial charge is 0.381 e. The molecule has 2 unspecified atom stereocenters. The zero-order valence-corrected chi connectivity index (χ0v) is 15.9. The number of amides is 2. The fraction of sp³-hybridized carbons (Fsp3) is 0.600. The Morgan fingerprint density at radius 2 is 2.04 bits per heavy atom. The van der Waals surface area contributed by atoms with Crippen molar-refractivity contribution in [2.24, 2.45) is 5.92 Å². The molecule has 2 aliphatic rings. The average Bonchev–Trinajstić information content (AvgIpc) is 3.24. The number of carbonyl (C=O) groups is 1. The van der Waals surface area contributed by atoms with Gasteiger partial charge in [-0.25, -0.2) is 4.79 Å². The van der Waals surface area contributed by atoms with Crippen molar-refractivity contribution in [2.45, 2.75) is 19.0 Å². The van der Waals surface area contributed by atoms with Crippen LogP contribution in [0, 0.1) is 17.2 Å². The summed E-state index contributed by atoms with van der Waals surface area (Å²) in [5.74, 6) is 0.451. The molecule has 3 rings (SSSR count). The minimum Gasteiger partial charge on any atom is -0.381 e. The van der Waals surface area contributed by atoms with Crippen LogP contribution in [0.1, 0.15) is 17.5 Å². The maximum Gasteiger partial charge on any atom is 0.317 e. The van der Waals surface area contributed by atoms with Gasteiger partial charge in [0.25, 0.3) is 0 Å². The monoisotopic (exact) mass is 372 g/mol. The summed E-state index contributed by atoms with van der Waals surface area (Å²) in [5, 5.41) is 12.0. The van der Waals surface area contributed by atoms with Gasteiger partial charge in [0.15, 0.2) is 0 Å². The third kappa shape index (κ3) is 5.42. The summed E-state index contributed by atoms with van der Waals surface area (Å²) in [7, 11) is 1.79. The highest BCUT2D eigenvalue weighted by Crippen LogP contribution is 2.22. The molecule has 27 heavy (non-hydrogen) atoms. The number of hydrogen-bond acceptors (Lipinski definition) is 5. The highest BCUT2D eigenvalue weighted by molar-refractivity contribution is 5.73. The van der Waals surface area contributed by atoms with Gasteiger partial charge in [0, 0.05) is 51.8 Å². The van der Waals surface area contributed by atoms with Crippen molar-refractivity contribution in [3.05, 3.63) is 35.4 Å². The average molecular weight is 372 g/mol. The number of nitriles is 1. The second-order valence-electron chi connectivity index (χ2n) is 7.19. The maximum atomic E-state index is 12.6. The van der Waals surface area contributed by atoms with E-state index in [0.717, 1.165) is 51.5 Å². The van der Waals surface area contributed by atoms with Crippen LogP contribution in [0.3, 0.4) is 0 Å². The molecule has 2 amide bonds. The Morgan fingerprint density at radius 3 is 2.67 bits per heavy atom. The Bertz CT molecular complexity index is 646. The smallest absolute Gasteiger partial charge is 0.317 e. The van der Waals surface area contributed by atoms with Gasteiger partial charge in [0.2, 0.25) is 0 Å². The van der Waals surface area contributed by atoms with Gasteiger partial charge < -0.3 is 19.7 Å². The van der Waals surface area contributed by atoms with Crippen LogP contribution < -0.4 is 5.32 Å². The standard InChI is InChI=1S/C20H28N4O3/c1-23(14-17-4-2-16(12-21)3-5-17)20(25)22-13-19(18-6-9-27-15-18)24-7-10-26-11-8-24/h2-5,18-19H,6-11,13-15H2,1H3,(H,22,25). The molecule has 2 heterocycles. The van der Waals surface area contributed by atoms with E-state index < -0.39 is 0 Å². The van der Waals surface area contributed by atoms with Crippen molar-refractivity contribution >= 4 is 6.03 Å². The molecule has 2 aliphatic heterocycles. The van der Waals surface area contributed by atoms with E-state index in [9.17, 15) is 4.79 Å². The lowest BCUT2D eigenvalue weighted by atomic mass is 9.97. The van der Waals surface area contributed by atoms with Crippen molar-refractivity contribution in [3.8, 4) is 6.07 Å². The SMILES string of the molecule is CN(Cc1ccc(C#N)cc1)C(=O)NCC(C1CCOC1)N1CCOCC1. The van der Waals surface area contributed by atoms with E-state index in [0.29, 0.717) is 24.6 Å². The minimum atomic E-state index is -0.0865. The predicted octanol–water partition coefficient (Wildman–Crippen LogP) is 1.44. The molecular formula is C20H28N4O3. The number of urea groups is 1. The molecule has 0 radical (unpaired) electrons. The Morgan fingerprint density at radius 1 is 1.30 bits per heavy atom. The van der Waals surface area contributed by atoms with Gasteiger partial charge in [0.05, 0.1) is 31.5 Å². The van der Waals surface area contributed by atoms with E-state index >= 15 is 0 Å².